The lowest BCUT2D eigenvalue weighted by Crippen LogP contribution is -2.15. The Morgan fingerprint density at radius 1 is 1.24 bits per heavy atom. The number of unbranched alkanes of at least 4 members (excludes halogenated alkanes) is 1. The van der Waals surface area contributed by atoms with Crippen LogP contribution in [0.4, 0.5) is 0 Å². The van der Waals surface area contributed by atoms with Crippen LogP contribution in [0.5, 0.6) is 0 Å². The van der Waals surface area contributed by atoms with Gasteiger partial charge in [0.2, 0.25) is 5.82 Å². The lowest BCUT2D eigenvalue weighted by molar-refractivity contribution is 0.0990. The van der Waals surface area contributed by atoms with Crippen LogP contribution in [0.15, 0.2) is 12.4 Å². The predicted octanol–water partition coefficient (Wildman–Crippen LogP) is 2.33. The first kappa shape index (κ1) is 13.6. The van der Waals surface area contributed by atoms with Crippen molar-refractivity contribution in [3.05, 3.63) is 23.8 Å². The molecule has 1 aromatic heterocycles. The summed E-state index contributed by atoms with van der Waals surface area (Å²) in [6, 6.07) is 0. The molecule has 4 nitrogen and oxygen atoms in total. The monoisotopic (exact) mass is 235 g/mol. The fourth-order valence-corrected chi connectivity index (χ4v) is 1.60. The smallest absolute Gasteiger partial charge is 0.286 e. The quantitative estimate of drug-likeness (QED) is 0.796. The summed E-state index contributed by atoms with van der Waals surface area (Å²) in [4.78, 5) is 18.6. The van der Waals surface area contributed by atoms with Crippen LogP contribution >= 0.6 is 0 Å². The van der Waals surface area contributed by atoms with Gasteiger partial charge in [0.1, 0.15) is 0 Å². The number of carbonyl (C=O) groups is 1. The topological polar surface area (TPSA) is 68.9 Å². The first-order chi connectivity index (χ1) is 7.88. The van der Waals surface area contributed by atoms with Crippen LogP contribution in [0.2, 0.25) is 0 Å². The number of hydrogen-bond acceptors (Lipinski definition) is 3. The maximum absolute atomic E-state index is 10.8. The summed E-state index contributed by atoms with van der Waals surface area (Å²) in [5, 5.41) is 0. The minimum atomic E-state index is -0.579. The molecule has 1 rings (SSSR count). The largest absolute Gasteiger partial charge is 0.363 e. The second kappa shape index (κ2) is 5.75. The van der Waals surface area contributed by atoms with Gasteiger partial charge in [-0.3, -0.25) is 4.79 Å². The molecule has 0 atom stereocenters. The van der Waals surface area contributed by atoms with Gasteiger partial charge < -0.3 is 5.73 Å². The van der Waals surface area contributed by atoms with Crippen LogP contribution in [0.25, 0.3) is 0 Å². The molecule has 0 saturated heterocycles. The van der Waals surface area contributed by atoms with Crippen molar-refractivity contribution in [2.24, 2.45) is 11.1 Å². The SMILES string of the molecule is CC(C)(C)CCCCc1cnc(C(N)=O)nc1. The van der Waals surface area contributed by atoms with Crippen molar-refractivity contribution in [1.82, 2.24) is 9.97 Å². The zero-order valence-electron chi connectivity index (χ0n) is 10.9. The first-order valence-corrected chi connectivity index (χ1v) is 5.99. The Hall–Kier alpha value is -1.45. The van der Waals surface area contributed by atoms with Crippen molar-refractivity contribution in [3.8, 4) is 0 Å². The molecule has 0 saturated carbocycles. The number of primary amides is 1. The highest BCUT2D eigenvalue weighted by Gasteiger charge is 2.09. The highest BCUT2D eigenvalue weighted by Crippen LogP contribution is 2.22. The Morgan fingerprint density at radius 3 is 2.29 bits per heavy atom. The second-order valence-corrected chi connectivity index (χ2v) is 5.55. The Kier molecular flexibility index (Phi) is 4.61. The number of hydrogen-bond donors (Lipinski definition) is 1. The first-order valence-electron chi connectivity index (χ1n) is 5.99. The number of rotatable bonds is 5. The Labute approximate surface area is 103 Å². The van der Waals surface area contributed by atoms with Crippen LogP contribution in [0.1, 0.15) is 56.2 Å². The van der Waals surface area contributed by atoms with Gasteiger partial charge in [-0.2, -0.15) is 0 Å². The van der Waals surface area contributed by atoms with Crippen LogP contribution in [0.3, 0.4) is 0 Å². The van der Waals surface area contributed by atoms with Crippen molar-refractivity contribution < 1.29 is 4.79 Å². The van der Waals surface area contributed by atoms with E-state index in [-0.39, 0.29) is 5.82 Å². The van der Waals surface area contributed by atoms with Gasteiger partial charge in [-0.15, -0.1) is 0 Å². The number of nitrogens with two attached hydrogens (primary N) is 1. The molecule has 1 aromatic rings. The predicted molar refractivity (Wildman–Crippen MR) is 67.6 cm³/mol. The third kappa shape index (κ3) is 5.43. The van der Waals surface area contributed by atoms with Crippen molar-refractivity contribution >= 4 is 5.91 Å². The molecule has 0 fully saturated rings. The van der Waals surface area contributed by atoms with Crippen LogP contribution < -0.4 is 5.73 Å². The fourth-order valence-electron chi connectivity index (χ4n) is 1.60. The fraction of sp³-hybridized carbons (Fsp3) is 0.615. The maximum Gasteiger partial charge on any atom is 0.286 e. The zero-order valence-corrected chi connectivity index (χ0v) is 10.9. The maximum atomic E-state index is 10.8. The summed E-state index contributed by atoms with van der Waals surface area (Å²) in [5.74, 6) is -0.493. The molecular weight excluding hydrogens is 214 g/mol. The van der Waals surface area contributed by atoms with Crippen LogP contribution in [-0.2, 0) is 6.42 Å². The molecular formula is C13H21N3O. The van der Waals surface area contributed by atoms with Gasteiger partial charge >= 0.3 is 0 Å². The minimum absolute atomic E-state index is 0.0865. The molecule has 4 heteroatoms. The molecule has 0 aliphatic rings. The number of nitrogens with zero attached hydrogens (tertiary/aromatic N) is 2. The van der Waals surface area contributed by atoms with Gasteiger partial charge in [-0.1, -0.05) is 27.2 Å². The van der Waals surface area contributed by atoms with Gasteiger partial charge in [-0.05, 0) is 30.2 Å². The van der Waals surface area contributed by atoms with Crippen molar-refractivity contribution in [3.63, 3.8) is 0 Å². The Balaban J connectivity index is 2.35. The lowest BCUT2D eigenvalue weighted by atomic mass is 9.89. The molecule has 0 radical (unpaired) electrons. The van der Waals surface area contributed by atoms with Gasteiger partial charge in [0, 0.05) is 12.4 Å². The number of aryl methyl sites for hydroxylation is 1. The standard InChI is InChI=1S/C13H21N3O/c1-13(2,3)7-5-4-6-10-8-15-12(11(14)17)16-9-10/h8-9H,4-7H2,1-3H3,(H2,14,17). The average Bonchev–Trinajstić information content (AvgIpc) is 2.24. The van der Waals surface area contributed by atoms with Crippen LogP contribution in [0, 0.1) is 5.41 Å². The van der Waals surface area contributed by atoms with E-state index in [9.17, 15) is 4.79 Å². The number of amides is 1. The number of carbonyl (C=O) groups excluding carboxylic acids is 1. The molecule has 0 aliphatic heterocycles. The third-order valence-corrected chi connectivity index (χ3v) is 2.57. The highest BCUT2D eigenvalue weighted by molar-refractivity contribution is 5.88. The molecule has 0 aliphatic carbocycles. The van der Waals surface area contributed by atoms with E-state index in [1.165, 1.54) is 12.8 Å². The van der Waals surface area contributed by atoms with Gasteiger partial charge in [0.15, 0.2) is 0 Å². The molecule has 1 heterocycles. The normalized spacial score (nSPS) is 11.5. The molecule has 94 valence electrons. The molecule has 1 amide bonds. The third-order valence-electron chi connectivity index (χ3n) is 2.57. The molecule has 0 unspecified atom stereocenters. The molecule has 0 spiro atoms. The van der Waals surface area contributed by atoms with E-state index in [0.717, 1.165) is 18.4 Å². The summed E-state index contributed by atoms with van der Waals surface area (Å²) >= 11 is 0. The summed E-state index contributed by atoms with van der Waals surface area (Å²) in [6.45, 7) is 6.74. The van der Waals surface area contributed by atoms with Crippen molar-refractivity contribution in [1.29, 1.82) is 0 Å². The van der Waals surface area contributed by atoms with E-state index in [4.69, 9.17) is 5.73 Å². The average molecular weight is 235 g/mol. The van der Waals surface area contributed by atoms with Crippen molar-refractivity contribution in [2.45, 2.75) is 46.5 Å². The van der Waals surface area contributed by atoms with E-state index in [1.54, 1.807) is 12.4 Å². The molecule has 17 heavy (non-hydrogen) atoms. The zero-order chi connectivity index (χ0) is 12.9. The minimum Gasteiger partial charge on any atom is -0.363 e. The summed E-state index contributed by atoms with van der Waals surface area (Å²) in [6.07, 6.45) is 7.86. The summed E-state index contributed by atoms with van der Waals surface area (Å²) in [7, 11) is 0. The molecule has 0 bridgehead atoms. The van der Waals surface area contributed by atoms with E-state index in [1.807, 2.05) is 0 Å². The van der Waals surface area contributed by atoms with Gasteiger partial charge in [0.25, 0.3) is 5.91 Å². The lowest BCUT2D eigenvalue weighted by Gasteiger charge is -2.17. The molecule has 0 aromatic carbocycles. The Morgan fingerprint density at radius 2 is 1.82 bits per heavy atom. The highest BCUT2D eigenvalue weighted by atomic mass is 16.1. The molecule has 2 N–H and O–H groups in total. The van der Waals surface area contributed by atoms with E-state index < -0.39 is 5.91 Å². The summed E-state index contributed by atoms with van der Waals surface area (Å²) in [5.41, 5.74) is 6.52. The van der Waals surface area contributed by atoms with Crippen molar-refractivity contribution in [2.75, 3.05) is 0 Å². The van der Waals surface area contributed by atoms with E-state index in [0.29, 0.717) is 5.41 Å². The van der Waals surface area contributed by atoms with E-state index >= 15 is 0 Å². The van der Waals surface area contributed by atoms with Crippen LogP contribution in [-0.4, -0.2) is 15.9 Å². The second-order valence-electron chi connectivity index (χ2n) is 5.55. The van der Waals surface area contributed by atoms with Gasteiger partial charge in [-0.25, -0.2) is 9.97 Å². The van der Waals surface area contributed by atoms with Gasteiger partial charge in [0.05, 0.1) is 0 Å². The Bertz CT molecular complexity index is 365. The number of aromatic nitrogens is 2. The van der Waals surface area contributed by atoms with E-state index in [2.05, 4.69) is 30.7 Å². The summed E-state index contributed by atoms with van der Waals surface area (Å²) < 4.78 is 0.